The van der Waals surface area contributed by atoms with Crippen molar-refractivity contribution in [2.24, 2.45) is 7.05 Å². The number of carbonyl (C=O) groups is 1. The molecule has 0 saturated carbocycles. The fraction of sp³-hybridized carbons (Fsp3) is 0.440. The van der Waals surface area contributed by atoms with E-state index in [1.54, 1.807) is 27.1 Å². The molecule has 1 aliphatic heterocycles. The summed E-state index contributed by atoms with van der Waals surface area (Å²) in [5.41, 5.74) is 1.08. The average molecular weight is 493 g/mol. The first-order valence-electron chi connectivity index (χ1n) is 11.3. The van der Waals surface area contributed by atoms with Gasteiger partial charge in [-0.05, 0) is 69.2 Å². The molecule has 0 unspecified atom stereocenters. The number of halogens is 4. The van der Waals surface area contributed by atoms with E-state index in [9.17, 15) is 22.4 Å². The average Bonchev–Trinajstić information content (AvgIpc) is 3.11. The maximum absolute atomic E-state index is 14.1. The molecular weight excluding hydrogens is 464 g/mol. The normalized spacial score (nSPS) is 17.2. The molecule has 0 bridgehead atoms. The lowest BCUT2D eigenvalue weighted by Crippen LogP contribution is -2.57. The van der Waals surface area contributed by atoms with Crippen LogP contribution in [-0.2, 0) is 24.4 Å². The number of aromatic nitrogens is 2. The van der Waals surface area contributed by atoms with Crippen molar-refractivity contribution in [2.75, 3.05) is 24.5 Å². The lowest BCUT2D eigenvalue weighted by atomic mass is 9.99. The molecule has 1 aromatic heterocycles. The van der Waals surface area contributed by atoms with Crippen molar-refractivity contribution in [3.8, 4) is 0 Å². The Morgan fingerprint density at radius 2 is 1.86 bits per heavy atom. The summed E-state index contributed by atoms with van der Waals surface area (Å²) in [6, 6.07) is 7.81. The topological polar surface area (TPSA) is 50.6 Å². The van der Waals surface area contributed by atoms with Crippen LogP contribution in [0.25, 0.3) is 11.0 Å². The summed E-state index contributed by atoms with van der Waals surface area (Å²) in [6.07, 6.45) is -3.44. The molecule has 0 aliphatic carbocycles. The van der Waals surface area contributed by atoms with Gasteiger partial charge in [0.1, 0.15) is 11.4 Å². The van der Waals surface area contributed by atoms with Gasteiger partial charge in [-0.25, -0.2) is 14.2 Å². The smallest absolute Gasteiger partial charge is 0.416 e. The van der Waals surface area contributed by atoms with Gasteiger partial charge in [0.15, 0.2) is 0 Å². The number of hydrogen-bond donors (Lipinski definition) is 0. The van der Waals surface area contributed by atoms with E-state index in [0.29, 0.717) is 25.7 Å². The van der Waals surface area contributed by atoms with Crippen molar-refractivity contribution in [3.63, 3.8) is 0 Å². The van der Waals surface area contributed by atoms with Crippen LogP contribution in [0.5, 0.6) is 0 Å². The van der Waals surface area contributed by atoms with E-state index in [2.05, 4.69) is 9.88 Å². The number of aryl methyl sites for hydroxylation is 1. The van der Waals surface area contributed by atoms with E-state index in [4.69, 9.17) is 4.74 Å². The summed E-state index contributed by atoms with van der Waals surface area (Å²) in [4.78, 5) is 20.9. The molecule has 3 aromatic rings. The Morgan fingerprint density at radius 3 is 2.54 bits per heavy atom. The van der Waals surface area contributed by atoms with E-state index in [-0.39, 0.29) is 12.0 Å². The number of nitrogens with zero attached hydrogens (tertiary/aromatic N) is 4. The number of alkyl halides is 3. The molecule has 0 radical (unpaired) electrons. The number of imidazole rings is 1. The van der Waals surface area contributed by atoms with Gasteiger partial charge in [0.25, 0.3) is 0 Å². The fourth-order valence-corrected chi connectivity index (χ4v) is 4.34. The van der Waals surface area contributed by atoms with E-state index in [1.807, 2.05) is 29.8 Å². The van der Waals surface area contributed by atoms with Crippen LogP contribution in [0, 0.1) is 5.82 Å². The van der Waals surface area contributed by atoms with Crippen molar-refractivity contribution in [2.45, 2.75) is 45.0 Å². The van der Waals surface area contributed by atoms with Gasteiger partial charge in [0.05, 0.1) is 29.0 Å². The van der Waals surface area contributed by atoms with Gasteiger partial charge < -0.3 is 19.1 Å². The van der Waals surface area contributed by atoms with Gasteiger partial charge in [-0.1, -0.05) is 0 Å². The second-order valence-electron chi connectivity index (χ2n) is 9.85. The van der Waals surface area contributed by atoms with E-state index >= 15 is 0 Å². The molecule has 2 aromatic carbocycles. The van der Waals surface area contributed by atoms with Gasteiger partial charge >= 0.3 is 12.3 Å². The predicted molar refractivity (Wildman–Crippen MR) is 125 cm³/mol. The van der Waals surface area contributed by atoms with Crippen LogP contribution in [0.2, 0.25) is 0 Å². The summed E-state index contributed by atoms with van der Waals surface area (Å²) < 4.78 is 61.3. The van der Waals surface area contributed by atoms with Gasteiger partial charge in [-0.3, -0.25) is 0 Å². The third kappa shape index (κ3) is 5.68. The van der Waals surface area contributed by atoms with Crippen LogP contribution in [0.1, 0.15) is 31.9 Å². The summed E-state index contributed by atoms with van der Waals surface area (Å²) in [5, 5.41) is 0. The Kier molecular flexibility index (Phi) is 6.42. The molecule has 0 N–H and O–H groups in total. The highest BCUT2D eigenvalue weighted by Gasteiger charge is 2.35. The van der Waals surface area contributed by atoms with Gasteiger partial charge in [-0.2, -0.15) is 13.2 Å². The quantitative estimate of drug-likeness (QED) is 0.460. The van der Waals surface area contributed by atoms with Crippen molar-refractivity contribution >= 4 is 22.8 Å². The maximum Gasteiger partial charge on any atom is 0.416 e. The number of fused-ring (bicyclic) bond motifs is 1. The van der Waals surface area contributed by atoms with Gasteiger partial charge in [0, 0.05) is 32.4 Å². The minimum Gasteiger partial charge on any atom is -0.444 e. The molecule has 1 fully saturated rings. The highest BCUT2D eigenvalue weighted by atomic mass is 19.4. The summed E-state index contributed by atoms with van der Waals surface area (Å²) >= 11 is 0. The highest BCUT2D eigenvalue weighted by Crippen LogP contribution is 2.32. The molecule has 1 atom stereocenters. The number of carbonyl (C=O) groups excluding carboxylic acids is 1. The molecular formula is C25H28F4N4O2. The van der Waals surface area contributed by atoms with Gasteiger partial charge in [-0.15, -0.1) is 0 Å². The number of piperazine rings is 1. The molecule has 6 nitrogen and oxygen atoms in total. The van der Waals surface area contributed by atoms with Crippen LogP contribution in [0.15, 0.2) is 42.7 Å². The first-order chi connectivity index (χ1) is 16.3. The first-order valence-corrected chi connectivity index (χ1v) is 11.3. The van der Waals surface area contributed by atoms with Gasteiger partial charge in [0.2, 0.25) is 0 Å². The third-order valence-electron chi connectivity index (χ3n) is 5.94. The van der Waals surface area contributed by atoms with Crippen molar-refractivity contribution in [3.05, 3.63) is 59.7 Å². The number of hydrogen-bond acceptors (Lipinski definition) is 4. The zero-order chi connectivity index (χ0) is 25.5. The lowest BCUT2D eigenvalue weighted by molar-refractivity contribution is -0.137. The van der Waals surface area contributed by atoms with E-state index in [1.165, 1.54) is 4.90 Å². The highest BCUT2D eigenvalue weighted by molar-refractivity contribution is 5.80. The van der Waals surface area contributed by atoms with E-state index in [0.717, 1.165) is 28.9 Å². The van der Waals surface area contributed by atoms with Crippen molar-refractivity contribution < 1.29 is 27.1 Å². The number of ether oxygens (including phenoxy) is 1. The summed E-state index contributed by atoms with van der Waals surface area (Å²) in [7, 11) is 1.89. The predicted octanol–water partition coefficient (Wildman–Crippen LogP) is 5.40. The zero-order valence-electron chi connectivity index (χ0n) is 20.1. The van der Waals surface area contributed by atoms with E-state index < -0.39 is 35.3 Å². The monoisotopic (exact) mass is 492 g/mol. The Bertz CT molecular complexity index is 1230. The third-order valence-corrected chi connectivity index (χ3v) is 5.94. The molecule has 0 spiro atoms. The number of amides is 1. The van der Waals surface area contributed by atoms with Crippen LogP contribution < -0.4 is 4.90 Å². The molecule has 4 rings (SSSR count). The molecule has 1 aliphatic rings. The first kappa shape index (κ1) is 24.8. The Labute approximate surface area is 201 Å². The van der Waals surface area contributed by atoms with Crippen LogP contribution in [-0.4, -0.2) is 51.8 Å². The van der Waals surface area contributed by atoms with Crippen molar-refractivity contribution in [1.29, 1.82) is 0 Å². The largest absolute Gasteiger partial charge is 0.444 e. The van der Waals surface area contributed by atoms with Crippen LogP contribution in [0.3, 0.4) is 0 Å². The Balaban J connectivity index is 1.64. The number of anilines is 1. The second kappa shape index (κ2) is 9.05. The number of benzene rings is 2. The van der Waals surface area contributed by atoms with Crippen LogP contribution in [0.4, 0.5) is 28.0 Å². The summed E-state index contributed by atoms with van der Waals surface area (Å²) in [6.45, 7) is 6.42. The second-order valence-corrected chi connectivity index (χ2v) is 9.85. The van der Waals surface area contributed by atoms with Crippen molar-refractivity contribution in [1.82, 2.24) is 14.5 Å². The minimum atomic E-state index is -4.67. The lowest BCUT2D eigenvalue weighted by Gasteiger charge is -2.42. The maximum atomic E-state index is 14.1. The number of rotatable bonds is 3. The molecule has 1 amide bonds. The standard InChI is InChI=1S/C25H28F4N4O2/c1-24(2,3)35-23(34)33-8-7-32(19-5-6-21-22(13-19)31(4)15-30-21)14-20(33)11-16-9-17(25(27,28)29)12-18(26)10-16/h5-6,9-10,12-13,15,20H,7-8,11,14H2,1-4H3/t20-/m0/s1. The zero-order valence-corrected chi connectivity index (χ0v) is 20.1. The SMILES string of the molecule is Cn1cnc2ccc(N3CCN(C(=O)OC(C)(C)C)[C@@H](Cc4cc(F)cc(C(F)(F)F)c4)C3)cc21. The summed E-state index contributed by atoms with van der Waals surface area (Å²) in [5.74, 6) is -0.965. The molecule has 188 valence electrons. The molecule has 1 saturated heterocycles. The molecule has 35 heavy (non-hydrogen) atoms. The van der Waals surface area contributed by atoms with Crippen LogP contribution >= 0.6 is 0 Å². The Morgan fingerprint density at radius 1 is 1.11 bits per heavy atom. The molecule has 10 heteroatoms. The Hall–Kier alpha value is -3.30. The minimum absolute atomic E-state index is 0.0462. The fourth-order valence-electron chi connectivity index (χ4n) is 4.34. The molecule has 2 heterocycles.